The smallest absolute Gasteiger partial charge is 0.251 e. The molecule has 24 heavy (non-hydrogen) atoms. The minimum absolute atomic E-state index is 0.0703. The summed E-state index contributed by atoms with van der Waals surface area (Å²) in [6.07, 6.45) is 0.0741. The van der Waals surface area contributed by atoms with Crippen molar-refractivity contribution in [2.24, 2.45) is 0 Å². The maximum Gasteiger partial charge on any atom is 0.251 e. The second kappa shape index (κ2) is 8.31. The molecule has 0 radical (unpaired) electrons. The lowest BCUT2D eigenvalue weighted by Crippen LogP contribution is -2.27. The standard InChI is InChI=1S/C17H16ClFN2O3/c1-24-13-4-2-3-11(9-13)17(23)20-8-7-16(22)21-12-5-6-15(19)14(18)10-12/h2-6,9-10H,7-8H2,1H3,(H,20,23)(H,21,22). The first-order valence-corrected chi connectivity index (χ1v) is 7.54. The topological polar surface area (TPSA) is 67.4 Å². The van der Waals surface area contributed by atoms with Gasteiger partial charge in [-0.25, -0.2) is 4.39 Å². The van der Waals surface area contributed by atoms with Crippen molar-refractivity contribution in [1.82, 2.24) is 5.32 Å². The molecule has 0 bridgehead atoms. The Labute approximate surface area is 143 Å². The number of halogens is 2. The lowest BCUT2D eigenvalue weighted by Gasteiger charge is -2.08. The number of amides is 2. The zero-order valence-corrected chi connectivity index (χ0v) is 13.7. The van der Waals surface area contributed by atoms with Crippen LogP contribution in [0.25, 0.3) is 0 Å². The van der Waals surface area contributed by atoms with Gasteiger partial charge in [-0.1, -0.05) is 17.7 Å². The van der Waals surface area contributed by atoms with Crippen molar-refractivity contribution in [2.45, 2.75) is 6.42 Å². The van der Waals surface area contributed by atoms with E-state index in [0.29, 0.717) is 17.0 Å². The molecule has 0 aliphatic rings. The SMILES string of the molecule is COc1cccc(C(=O)NCCC(=O)Nc2ccc(F)c(Cl)c2)c1. The number of carbonyl (C=O) groups is 2. The zero-order chi connectivity index (χ0) is 17.5. The molecule has 0 heterocycles. The van der Waals surface area contributed by atoms with Gasteiger partial charge in [-0.3, -0.25) is 9.59 Å². The van der Waals surface area contributed by atoms with E-state index in [1.807, 2.05) is 0 Å². The largest absolute Gasteiger partial charge is 0.497 e. The van der Waals surface area contributed by atoms with Crippen LogP contribution in [0.2, 0.25) is 5.02 Å². The molecule has 2 aromatic carbocycles. The number of benzene rings is 2. The highest BCUT2D eigenvalue weighted by atomic mass is 35.5. The molecule has 0 unspecified atom stereocenters. The maximum absolute atomic E-state index is 13.0. The van der Waals surface area contributed by atoms with Gasteiger partial charge in [0, 0.05) is 24.2 Å². The quantitative estimate of drug-likeness (QED) is 0.840. The van der Waals surface area contributed by atoms with Crippen molar-refractivity contribution in [1.29, 1.82) is 0 Å². The Kier molecular flexibility index (Phi) is 6.14. The third-order valence-corrected chi connectivity index (χ3v) is 3.46. The van der Waals surface area contributed by atoms with Gasteiger partial charge < -0.3 is 15.4 Å². The first-order chi connectivity index (χ1) is 11.5. The van der Waals surface area contributed by atoms with Crippen molar-refractivity contribution < 1.29 is 18.7 Å². The van der Waals surface area contributed by atoms with Gasteiger partial charge in [-0.2, -0.15) is 0 Å². The molecular formula is C17H16ClFN2O3. The molecule has 126 valence electrons. The van der Waals surface area contributed by atoms with Crippen LogP contribution in [0.4, 0.5) is 10.1 Å². The van der Waals surface area contributed by atoms with Crippen molar-refractivity contribution in [3.8, 4) is 5.75 Å². The molecule has 7 heteroatoms. The molecule has 5 nitrogen and oxygen atoms in total. The Balaban J connectivity index is 1.81. The van der Waals surface area contributed by atoms with E-state index in [-0.39, 0.29) is 29.8 Å². The first kappa shape index (κ1) is 17.7. The third-order valence-electron chi connectivity index (χ3n) is 3.17. The molecule has 0 aliphatic heterocycles. The van der Waals surface area contributed by atoms with E-state index in [1.165, 1.54) is 25.3 Å². The fourth-order valence-corrected chi connectivity index (χ4v) is 2.13. The second-order valence-electron chi connectivity index (χ2n) is 4.91. The Bertz CT molecular complexity index is 752. The summed E-state index contributed by atoms with van der Waals surface area (Å²) in [4.78, 5) is 23.8. The summed E-state index contributed by atoms with van der Waals surface area (Å²) in [5, 5.41) is 5.16. The summed E-state index contributed by atoms with van der Waals surface area (Å²) in [6.45, 7) is 0.163. The number of anilines is 1. The third kappa shape index (κ3) is 4.96. The minimum Gasteiger partial charge on any atom is -0.497 e. The van der Waals surface area contributed by atoms with Crippen molar-refractivity contribution in [2.75, 3.05) is 19.0 Å². The average molecular weight is 351 g/mol. The molecule has 2 rings (SSSR count). The number of methoxy groups -OCH3 is 1. The molecule has 0 saturated heterocycles. The number of hydrogen-bond acceptors (Lipinski definition) is 3. The van der Waals surface area contributed by atoms with Gasteiger partial charge in [-0.05, 0) is 36.4 Å². The second-order valence-corrected chi connectivity index (χ2v) is 5.32. The van der Waals surface area contributed by atoms with Gasteiger partial charge in [-0.15, -0.1) is 0 Å². The molecule has 0 aromatic heterocycles. The van der Waals surface area contributed by atoms with Crippen LogP contribution in [0.5, 0.6) is 5.75 Å². The highest BCUT2D eigenvalue weighted by Gasteiger charge is 2.09. The predicted octanol–water partition coefficient (Wildman–Crippen LogP) is 3.25. The molecule has 2 aromatic rings. The molecule has 0 saturated carbocycles. The monoisotopic (exact) mass is 350 g/mol. The fraction of sp³-hybridized carbons (Fsp3) is 0.176. The van der Waals surface area contributed by atoms with Gasteiger partial charge in [0.15, 0.2) is 0 Å². The molecule has 0 aliphatic carbocycles. The molecular weight excluding hydrogens is 335 g/mol. The summed E-state index contributed by atoms with van der Waals surface area (Å²) in [5.74, 6) is -0.594. The summed E-state index contributed by atoms with van der Waals surface area (Å²) < 4.78 is 18.1. The van der Waals surface area contributed by atoms with Crippen molar-refractivity contribution >= 4 is 29.1 Å². The summed E-state index contributed by atoms with van der Waals surface area (Å²) in [7, 11) is 1.52. The molecule has 2 amide bonds. The average Bonchev–Trinajstić information content (AvgIpc) is 2.58. The zero-order valence-electron chi connectivity index (χ0n) is 12.9. The van der Waals surface area contributed by atoms with E-state index in [4.69, 9.17) is 16.3 Å². The van der Waals surface area contributed by atoms with Crippen LogP contribution in [0, 0.1) is 5.82 Å². The molecule has 0 fully saturated rings. The van der Waals surface area contributed by atoms with Crippen LogP contribution in [0.1, 0.15) is 16.8 Å². The van der Waals surface area contributed by atoms with Crippen molar-refractivity contribution in [3.63, 3.8) is 0 Å². The number of nitrogens with one attached hydrogen (secondary N) is 2. The molecule has 0 spiro atoms. The van der Waals surface area contributed by atoms with Crippen LogP contribution in [0.3, 0.4) is 0 Å². The lowest BCUT2D eigenvalue weighted by atomic mass is 10.2. The van der Waals surface area contributed by atoms with E-state index in [2.05, 4.69) is 10.6 Å². The normalized spacial score (nSPS) is 10.1. The van der Waals surface area contributed by atoms with Gasteiger partial charge in [0.05, 0.1) is 12.1 Å². The first-order valence-electron chi connectivity index (χ1n) is 7.17. The van der Waals surface area contributed by atoms with Gasteiger partial charge in [0.1, 0.15) is 11.6 Å². The van der Waals surface area contributed by atoms with Gasteiger partial charge in [0.25, 0.3) is 5.91 Å². The Morgan fingerprint density at radius 3 is 2.71 bits per heavy atom. The molecule has 0 atom stereocenters. The fourth-order valence-electron chi connectivity index (χ4n) is 1.95. The number of ether oxygens (including phenoxy) is 1. The summed E-state index contributed by atoms with van der Waals surface area (Å²) in [6, 6.07) is 10.6. The Hall–Kier alpha value is -2.60. The highest BCUT2D eigenvalue weighted by molar-refractivity contribution is 6.31. The van der Waals surface area contributed by atoms with Crippen LogP contribution in [-0.4, -0.2) is 25.5 Å². The van der Waals surface area contributed by atoms with Crippen LogP contribution >= 0.6 is 11.6 Å². The number of rotatable bonds is 6. The van der Waals surface area contributed by atoms with Crippen LogP contribution in [0.15, 0.2) is 42.5 Å². The predicted molar refractivity (Wildman–Crippen MR) is 90.0 cm³/mol. The van der Waals surface area contributed by atoms with E-state index >= 15 is 0 Å². The van der Waals surface area contributed by atoms with E-state index in [1.54, 1.807) is 24.3 Å². The number of carbonyl (C=O) groups excluding carboxylic acids is 2. The minimum atomic E-state index is -0.555. The van der Waals surface area contributed by atoms with Crippen LogP contribution in [-0.2, 0) is 4.79 Å². The van der Waals surface area contributed by atoms with E-state index in [9.17, 15) is 14.0 Å². The maximum atomic E-state index is 13.0. The Morgan fingerprint density at radius 2 is 2.00 bits per heavy atom. The van der Waals surface area contributed by atoms with Gasteiger partial charge in [0.2, 0.25) is 5.91 Å². The summed E-state index contributed by atoms with van der Waals surface area (Å²) >= 11 is 5.64. The highest BCUT2D eigenvalue weighted by Crippen LogP contribution is 2.19. The summed E-state index contributed by atoms with van der Waals surface area (Å²) in [5.41, 5.74) is 0.839. The molecule has 2 N–H and O–H groups in total. The van der Waals surface area contributed by atoms with Gasteiger partial charge >= 0.3 is 0 Å². The Morgan fingerprint density at radius 1 is 1.21 bits per heavy atom. The van der Waals surface area contributed by atoms with Crippen LogP contribution < -0.4 is 15.4 Å². The number of hydrogen-bond donors (Lipinski definition) is 2. The lowest BCUT2D eigenvalue weighted by molar-refractivity contribution is -0.116. The van der Waals surface area contributed by atoms with Crippen molar-refractivity contribution in [3.05, 3.63) is 58.9 Å². The van der Waals surface area contributed by atoms with E-state index in [0.717, 1.165) is 0 Å². The van der Waals surface area contributed by atoms with E-state index < -0.39 is 5.82 Å².